The van der Waals surface area contributed by atoms with Gasteiger partial charge in [-0.25, -0.2) is 0 Å². The van der Waals surface area contributed by atoms with Gasteiger partial charge in [-0.2, -0.15) is 0 Å². The van der Waals surface area contributed by atoms with Crippen molar-refractivity contribution >= 4 is 46.4 Å². The van der Waals surface area contributed by atoms with Crippen LogP contribution in [0.4, 0.5) is 5.69 Å². The summed E-state index contributed by atoms with van der Waals surface area (Å²) in [6, 6.07) is 3.17. The van der Waals surface area contributed by atoms with Gasteiger partial charge in [0, 0.05) is 6.92 Å². The zero-order chi connectivity index (χ0) is 10.0. The lowest BCUT2D eigenvalue weighted by Gasteiger charge is -2.06. The van der Waals surface area contributed by atoms with Gasteiger partial charge in [0.05, 0.1) is 20.8 Å². The lowest BCUT2D eigenvalue weighted by Crippen LogP contribution is -2.06. The SMILES string of the molecule is CC(=O)Nc1ccc(Cl)c(Cl)c1Cl. The molecule has 0 aliphatic heterocycles. The molecule has 1 aromatic carbocycles. The Balaban J connectivity index is 3.10. The van der Waals surface area contributed by atoms with Crippen molar-refractivity contribution in [3.8, 4) is 0 Å². The van der Waals surface area contributed by atoms with Crippen LogP contribution in [0.3, 0.4) is 0 Å². The Morgan fingerprint density at radius 1 is 1.23 bits per heavy atom. The lowest BCUT2D eigenvalue weighted by molar-refractivity contribution is -0.114. The minimum absolute atomic E-state index is 0.208. The summed E-state index contributed by atoms with van der Waals surface area (Å²) in [7, 11) is 0. The van der Waals surface area contributed by atoms with Crippen molar-refractivity contribution in [2.24, 2.45) is 0 Å². The van der Waals surface area contributed by atoms with E-state index >= 15 is 0 Å². The topological polar surface area (TPSA) is 29.1 Å². The molecule has 0 atom stereocenters. The van der Waals surface area contributed by atoms with Gasteiger partial charge in [0.25, 0.3) is 0 Å². The maximum atomic E-state index is 10.7. The van der Waals surface area contributed by atoms with E-state index in [2.05, 4.69) is 5.32 Å². The number of amides is 1. The molecule has 2 nitrogen and oxygen atoms in total. The van der Waals surface area contributed by atoms with E-state index < -0.39 is 0 Å². The number of anilines is 1. The summed E-state index contributed by atoms with van der Waals surface area (Å²) < 4.78 is 0. The molecule has 0 spiro atoms. The molecular formula is C8H6Cl3NO. The second-order valence-electron chi connectivity index (χ2n) is 2.40. The minimum atomic E-state index is -0.208. The molecule has 70 valence electrons. The van der Waals surface area contributed by atoms with Crippen molar-refractivity contribution in [2.75, 3.05) is 5.32 Å². The van der Waals surface area contributed by atoms with Crippen LogP contribution in [-0.2, 0) is 4.79 Å². The quantitative estimate of drug-likeness (QED) is 0.744. The van der Waals surface area contributed by atoms with Crippen LogP contribution in [0, 0.1) is 0 Å². The Kier molecular flexibility index (Phi) is 3.42. The van der Waals surface area contributed by atoms with Crippen molar-refractivity contribution in [3.63, 3.8) is 0 Å². The zero-order valence-corrected chi connectivity index (χ0v) is 8.96. The summed E-state index contributed by atoms with van der Waals surface area (Å²) in [5, 5.41) is 3.39. The maximum Gasteiger partial charge on any atom is 0.221 e. The van der Waals surface area contributed by atoms with Gasteiger partial charge in [-0.15, -0.1) is 0 Å². The van der Waals surface area contributed by atoms with Gasteiger partial charge in [-0.1, -0.05) is 34.8 Å². The number of benzene rings is 1. The standard InChI is InChI=1S/C8H6Cl3NO/c1-4(13)12-6-3-2-5(9)7(10)8(6)11/h2-3H,1H3,(H,12,13). The van der Waals surface area contributed by atoms with E-state index in [1.807, 2.05) is 0 Å². The second-order valence-corrected chi connectivity index (χ2v) is 3.57. The first-order chi connectivity index (χ1) is 6.02. The van der Waals surface area contributed by atoms with Crippen LogP contribution in [0.5, 0.6) is 0 Å². The third-order valence-corrected chi connectivity index (χ3v) is 2.64. The van der Waals surface area contributed by atoms with Crippen LogP contribution in [0.15, 0.2) is 12.1 Å². The summed E-state index contributed by atoms with van der Waals surface area (Å²) >= 11 is 17.3. The summed E-state index contributed by atoms with van der Waals surface area (Å²) in [5.41, 5.74) is 0.462. The summed E-state index contributed by atoms with van der Waals surface area (Å²) in [5.74, 6) is -0.208. The summed E-state index contributed by atoms with van der Waals surface area (Å²) in [4.78, 5) is 10.7. The van der Waals surface area contributed by atoms with Crippen LogP contribution in [0.1, 0.15) is 6.92 Å². The molecule has 13 heavy (non-hydrogen) atoms. The van der Waals surface area contributed by atoms with E-state index in [1.54, 1.807) is 12.1 Å². The number of halogens is 3. The molecule has 1 rings (SSSR count). The highest BCUT2D eigenvalue weighted by Crippen LogP contribution is 2.35. The van der Waals surface area contributed by atoms with Crippen LogP contribution in [-0.4, -0.2) is 5.91 Å². The van der Waals surface area contributed by atoms with Crippen molar-refractivity contribution < 1.29 is 4.79 Å². The number of carbonyl (C=O) groups excluding carboxylic acids is 1. The van der Waals surface area contributed by atoms with E-state index in [4.69, 9.17) is 34.8 Å². The van der Waals surface area contributed by atoms with Gasteiger partial charge in [0.2, 0.25) is 5.91 Å². The average molecular weight is 239 g/mol. The predicted octanol–water partition coefficient (Wildman–Crippen LogP) is 3.61. The van der Waals surface area contributed by atoms with Gasteiger partial charge in [0.15, 0.2) is 0 Å². The first-order valence-electron chi connectivity index (χ1n) is 3.43. The zero-order valence-electron chi connectivity index (χ0n) is 6.70. The molecule has 0 saturated heterocycles. The fourth-order valence-corrected chi connectivity index (χ4v) is 1.39. The minimum Gasteiger partial charge on any atom is -0.325 e. The molecule has 0 aliphatic rings. The Morgan fingerprint density at radius 2 is 1.85 bits per heavy atom. The maximum absolute atomic E-state index is 10.7. The van der Waals surface area contributed by atoms with E-state index in [9.17, 15) is 4.79 Å². The molecule has 0 saturated carbocycles. The van der Waals surface area contributed by atoms with E-state index in [0.717, 1.165) is 0 Å². The Hall–Kier alpha value is -0.440. The molecule has 0 heterocycles. The molecule has 0 unspecified atom stereocenters. The Bertz CT molecular complexity index is 351. The predicted molar refractivity (Wildman–Crippen MR) is 55.8 cm³/mol. The molecule has 0 aliphatic carbocycles. The molecular weight excluding hydrogens is 232 g/mol. The number of nitrogens with one attached hydrogen (secondary N) is 1. The van der Waals surface area contributed by atoms with E-state index in [1.165, 1.54) is 6.92 Å². The summed E-state index contributed by atoms with van der Waals surface area (Å²) in [6.45, 7) is 1.39. The number of hydrogen-bond donors (Lipinski definition) is 1. The highest BCUT2D eigenvalue weighted by molar-refractivity contribution is 6.49. The molecule has 0 bridgehead atoms. The Labute approximate surface area is 90.8 Å². The van der Waals surface area contributed by atoms with Crippen LogP contribution >= 0.6 is 34.8 Å². The van der Waals surface area contributed by atoms with Crippen molar-refractivity contribution in [1.82, 2.24) is 0 Å². The third kappa shape index (κ3) is 2.50. The number of hydrogen-bond acceptors (Lipinski definition) is 1. The molecule has 0 aromatic heterocycles. The highest BCUT2D eigenvalue weighted by atomic mass is 35.5. The number of rotatable bonds is 1. The first kappa shape index (κ1) is 10.6. The lowest BCUT2D eigenvalue weighted by atomic mass is 10.3. The van der Waals surface area contributed by atoms with Crippen LogP contribution in [0.25, 0.3) is 0 Å². The van der Waals surface area contributed by atoms with E-state index in [0.29, 0.717) is 10.7 Å². The van der Waals surface area contributed by atoms with Gasteiger partial charge >= 0.3 is 0 Å². The molecule has 0 fully saturated rings. The van der Waals surface area contributed by atoms with Crippen molar-refractivity contribution in [2.45, 2.75) is 6.92 Å². The largest absolute Gasteiger partial charge is 0.325 e. The Morgan fingerprint density at radius 3 is 2.38 bits per heavy atom. The molecule has 1 N–H and O–H groups in total. The van der Waals surface area contributed by atoms with Gasteiger partial charge in [-0.3, -0.25) is 4.79 Å². The average Bonchev–Trinajstić information content (AvgIpc) is 2.06. The molecule has 1 amide bonds. The second kappa shape index (κ2) is 4.18. The van der Waals surface area contributed by atoms with Crippen molar-refractivity contribution in [1.29, 1.82) is 0 Å². The van der Waals surface area contributed by atoms with Crippen LogP contribution < -0.4 is 5.32 Å². The number of carbonyl (C=O) groups is 1. The fraction of sp³-hybridized carbons (Fsp3) is 0.125. The first-order valence-corrected chi connectivity index (χ1v) is 4.57. The van der Waals surface area contributed by atoms with Gasteiger partial charge in [0.1, 0.15) is 0 Å². The van der Waals surface area contributed by atoms with Crippen LogP contribution in [0.2, 0.25) is 15.1 Å². The van der Waals surface area contributed by atoms with E-state index in [-0.39, 0.29) is 16.0 Å². The highest BCUT2D eigenvalue weighted by Gasteiger charge is 2.08. The normalized spacial score (nSPS) is 9.85. The smallest absolute Gasteiger partial charge is 0.221 e. The fourth-order valence-electron chi connectivity index (χ4n) is 0.812. The van der Waals surface area contributed by atoms with Gasteiger partial charge in [-0.05, 0) is 12.1 Å². The monoisotopic (exact) mass is 237 g/mol. The third-order valence-electron chi connectivity index (χ3n) is 1.35. The molecule has 1 aromatic rings. The molecule has 0 radical (unpaired) electrons. The van der Waals surface area contributed by atoms with Gasteiger partial charge < -0.3 is 5.32 Å². The molecule has 5 heteroatoms. The van der Waals surface area contributed by atoms with Crippen molar-refractivity contribution in [3.05, 3.63) is 27.2 Å². The summed E-state index contributed by atoms with van der Waals surface area (Å²) in [6.07, 6.45) is 0.